The van der Waals surface area contributed by atoms with Crippen LogP contribution in [-0.4, -0.2) is 49.1 Å². The minimum Gasteiger partial charge on any atom is -0.375 e. The maximum Gasteiger partial charge on any atom is 0.258 e. The van der Waals surface area contributed by atoms with Gasteiger partial charge in [-0.1, -0.05) is 24.3 Å². The molecular weight excluding hydrogens is 340 g/mol. The van der Waals surface area contributed by atoms with Crippen LogP contribution in [0.4, 0.5) is 5.69 Å². The van der Waals surface area contributed by atoms with Gasteiger partial charge in [-0.3, -0.25) is 9.59 Å². The van der Waals surface area contributed by atoms with Crippen molar-refractivity contribution < 1.29 is 14.3 Å². The van der Waals surface area contributed by atoms with Gasteiger partial charge in [-0.05, 0) is 49.6 Å². The van der Waals surface area contributed by atoms with Crippen molar-refractivity contribution in [3.05, 3.63) is 65.7 Å². The molecule has 1 spiro atoms. The van der Waals surface area contributed by atoms with E-state index in [9.17, 15) is 9.59 Å². The van der Waals surface area contributed by atoms with Crippen LogP contribution >= 0.6 is 0 Å². The van der Waals surface area contributed by atoms with Crippen LogP contribution in [-0.2, 0) is 4.74 Å². The van der Waals surface area contributed by atoms with E-state index in [2.05, 4.69) is 0 Å². The summed E-state index contributed by atoms with van der Waals surface area (Å²) >= 11 is 0. The Bertz CT molecular complexity index is 836. The first-order valence-corrected chi connectivity index (χ1v) is 9.44. The van der Waals surface area contributed by atoms with Crippen molar-refractivity contribution in [2.45, 2.75) is 24.9 Å². The highest BCUT2D eigenvalue weighted by Gasteiger charge is 2.42. The predicted molar refractivity (Wildman–Crippen MR) is 104 cm³/mol. The van der Waals surface area contributed by atoms with E-state index in [1.54, 1.807) is 36.2 Å². The van der Waals surface area contributed by atoms with Gasteiger partial charge in [0.25, 0.3) is 11.8 Å². The molecule has 0 aliphatic carbocycles. The SMILES string of the molecule is CN(C(=O)c1cccc(C(=O)N2CCC3(CCO3)CC2)c1)c1ccccc1. The maximum absolute atomic E-state index is 12.9. The van der Waals surface area contributed by atoms with Crippen molar-refractivity contribution in [3.63, 3.8) is 0 Å². The number of hydrogen-bond donors (Lipinski definition) is 0. The lowest BCUT2D eigenvalue weighted by atomic mass is 9.84. The second-order valence-electron chi connectivity index (χ2n) is 7.35. The van der Waals surface area contributed by atoms with Gasteiger partial charge in [0.05, 0.1) is 12.2 Å². The quantitative estimate of drug-likeness (QED) is 0.839. The molecule has 4 rings (SSSR count). The molecule has 5 heteroatoms. The fourth-order valence-corrected chi connectivity index (χ4v) is 3.83. The fourth-order valence-electron chi connectivity index (χ4n) is 3.83. The average molecular weight is 364 g/mol. The van der Waals surface area contributed by atoms with Crippen molar-refractivity contribution >= 4 is 17.5 Å². The number of anilines is 1. The average Bonchev–Trinajstić information content (AvgIpc) is 2.72. The minimum atomic E-state index is -0.128. The summed E-state index contributed by atoms with van der Waals surface area (Å²) in [5.41, 5.74) is 1.92. The zero-order valence-electron chi connectivity index (χ0n) is 15.6. The fraction of sp³-hybridized carbons (Fsp3) is 0.364. The van der Waals surface area contributed by atoms with Crippen LogP contribution in [0.5, 0.6) is 0 Å². The van der Waals surface area contributed by atoms with Crippen molar-refractivity contribution in [1.29, 1.82) is 0 Å². The Morgan fingerprint density at radius 1 is 0.963 bits per heavy atom. The molecule has 2 saturated heterocycles. The normalized spacial score (nSPS) is 18.0. The molecule has 0 radical (unpaired) electrons. The van der Waals surface area contributed by atoms with E-state index in [1.807, 2.05) is 35.2 Å². The van der Waals surface area contributed by atoms with Crippen LogP contribution in [0.1, 0.15) is 40.0 Å². The van der Waals surface area contributed by atoms with E-state index < -0.39 is 0 Å². The Balaban J connectivity index is 1.47. The van der Waals surface area contributed by atoms with Crippen molar-refractivity contribution in [1.82, 2.24) is 4.90 Å². The number of para-hydroxylation sites is 1. The summed E-state index contributed by atoms with van der Waals surface area (Å²) in [6.45, 7) is 2.26. The van der Waals surface area contributed by atoms with Gasteiger partial charge in [0.1, 0.15) is 0 Å². The lowest BCUT2D eigenvalue weighted by Gasteiger charge is -2.47. The van der Waals surface area contributed by atoms with Gasteiger partial charge in [0, 0.05) is 37.0 Å². The first kappa shape index (κ1) is 17.7. The largest absolute Gasteiger partial charge is 0.375 e. The number of carbonyl (C=O) groups is 2. The van der Waals surface area contributed by atoms with Crippen molar-refractivity contribution in [3.8, 4) is 0 Å². The predicted octanol–water partition coefficient (Wildman–Crippen LogP) is 3.36. The molecule has 0 aromatic heterocycles. The summed E-state index contributed by atoms with van der Waals surface area (Å²) in [6.07, 6.45) is 2.90. The highest BCUT2D eigenvalue weighted by molar-refractivity contribution is 6.07. The van der Waals surface area contributed by atoms with Crippen LogP contribution in [0.3, 0.4) is 0 Å². The van der Waals surface area contributed by atoms with Gasteiger partial charge < -0.3 is 14.5 Å². The second kappa shape index (κ2) is 7.16. The van der Waals surface area contributed by atoms with E-state index in [1.165, 1.54) is 0 Å². The third-order valence-electron chi connectivity index (χ3n) is 5.73. The monoisotopic (exact) mass is 364 g/mol. The molecule has 0 unspecified atom stereocenters. The molecular formula is C22H24N2O3. The number of rotatable bonds is 3. The lowest BCUT2D eigenvalue weighted by Crippen LogP contribution is -2.53. The first-order valence-electron chi connectivity index (χ1n) is 9.44. The standard InChI is InChI=1S/C22H24N2O3/c1-23(19-8-3-2-4-9-19)20(25)17-6-5-7-18(16-17)21(26)24-13-10-22(11-14-24)12-15-27-22/h2-9,16H,10-15H2,1H3. The molecule has 2 heterocycles. The highest BCUT2D eigenvalue weighted by atomic mass is 16.5. The Labute approximate surface area is 159 Å². The molecule has 27 heavy (non-hydrogen) atoms. The molecule has 140 valence electrons. The topological polar surface area (TPSA) is 49.9 Å². The van der Waals surface area contributed by atoms with E-state index in [4.69, 9.17) is 4.74 Å². The molecule has 0 saturated carbocycles. The highest BCUT2D eigenvalue weighted by Crippen LogP contribution is 2.37. The van der Waals surface area contributed by atoms with Crippen molar-refractivity contribution in [2.24, 2.45) is 0 Å². The number of ether oxygens (including phenoxy) is 1. The Morgan fingerprint density at radius 3 is 2.26 bits per heavy atom. The van der Waals surface area contributed by atoms with Crippen LogP contribution in [0, 0.1) is 0 Å². The van der Waals surface area contributed by atoms with Gasteiger partial charge in [-0.25, -0.2) is 0 Å². The molecule has 0 atom stereocenters. The van der Waals surface area contributed by atoms with Gasteiger partial charge in [-0.2, -0.15) is 0 Å². The number of piperidine rings is 1. The Morgan fingerprint density at radius 2 is 1.63 bits per heavy atom. The molecule has 2 aromatic carbocycles. The van der Waals surface area contributed by atoms with E-state index in [0.717, 1.165) is 31.6 Å². The van der Waals surface area contributed by atoms with Gasteiger partial charge in [-0.15, -0.1) is 0 Å². The summed E-state index contributed by atoms with van der Waals surface area (Å²) in [5, 5.41) is 0. The summed E-state index contributed by atoms with van der Waals surface area (Å²) < 4.78 is 5.72. The molecule has 2 amide bonds. The summed E-state index contributed by atoms with van der Waals surface area (Å²) in [7, 11) is 1.74. The van der Waals surface area contributed by atoms with E-state index in [-0.39, 0.29) is 17.4 Å². The Hall–Kier alpha value is -2.66. The smallest absolute Gasteiger partial charge is 0.258 e. The first-order chi connectivity index (χ1) is 13.1. The zero-order chi connectivity index (χ0) is 18.9. The number of nitrogens with zero attached hydrogens (tertiary/aromatic N) is 2. The van der Waals surface area contributed by atoms with Gasteiger partial charge >= 0.3 is 0 Å². The molecule has 2 fully saturated rings. The maximum atomic E-state index is 12.9. The molecule has 5 nitrogen and oxygen atoms in total. The zero-order valence-corrected chi connectivity index (χ0v) is 15.6. The second-order valence-corrected chi connectivity index (χ2v) is 7.35. The summed E-state index contributed by atoms with van der Waals surface area (Å²) in [5.74, 6) is -0.141. The van der Waals surface area contributed by atoms with E-state index in [0.29, 0.717) is 24.2 Å². The lowest BCUT2D eigenvalue weighted by molar-refractivity contribution is -0.169. The van der Waals surface area contributed by atoms with Gasteiger partial charge in [0.2, 0.25) is 0 Å². The van der Waals surface area contributed by atoms with Crippen LogP contribution in [0.15, 0.2) is 54.6 Å². The molecule has 2 aliphatic heterocycles. The number of benzene rings is 2. The number of likely N-dealkylation sites (tertiary alicyclic amines) is 1. The molecule has 0 bridgehead atoms. The molecule has 2 aliphatic rings. The molecule has 0 N–H and O–H groups in total. The Kier molecular flexibility index (Phi) is 4.70. The number of amides is 2. The number of hydrogen-bond acceptors (Lipinski definition) is 3. The number of carbonyl (C=O) groups excluding carboxylic acids is 2. The third kappa shape index (κ3) is 3.47. The molecule has 2 aromatic rings. The van der Waals surface area contributed by atoms with E-state index >= 15 is 0 Å². The van der Waals surface area contributed by atoms with Crippen LogP contribution in [0.2, 0.25) is 0 Å². The van der Waals surface area contributed by atoms with Crippen molar-refractivity contribution in [2.75, 3.05) is 31.6 Å². The minimum absolute atomic E-state index is 0.0128. The van der Waals surface area contributed by atoms with Crippen LogP contribution in [0.25, 0.3) is 0 Å². The summed E-state index contributed by atoms with van der Waals surface area (Å²) in [4.78, 5) is 29.2. The summed E-state index contributed by atoms with van der Waals surface area (Å²) in [6, 6.07) is 16.5. The van der Waals surface area contributed by atoms with Gasteiger partial charge in [0.15, 0.2) is 0 Å². The van der Waals surface area contributed by atoms with Crippen LogP contribution < -0.4 is 4.90 Å². The third-order valence-corrected chi connectivity index (χ3v) is 5.73.